The molecule has 1 unspecified atom stereocenters. The van der Waals surface area contributed by atoms with Crippen molar-refractivity contribution >= 4 is 5.91 Å². The Morgan fingerprint density at radius 3 is 2.59 bits per heavy atom. The SMILES string of the molecule is O=C(NC1CCCc2c1cnn2-c1ccccc1F)c1ccccc1C(F)(F)F. The van der Waals surface area contributed by atoms with Crippen LogP contribution in [-0.2, 0) is 12.6 Å². The second-order valence-corrected chi connectivity index (χ2v) is 6.87. The lowest BCUT2D eigenvalue weighted by Crippen LogP contribution is -2.32. The van der Waals surface area contributed by atoms with Gasteiger partial charge < -0.3 is 5.32 Å². The molecule has 3 aromatic rings. The zero-order valence-corrected chi connectivity index (χ0v) is 15.2. The first-order chi connectivity index (χ1) is 13.9. The molecule has 29 heavy (non-hydrogen) atoms. The number of hydrogen-bond acceptors (Lipinski definition) is 2. The van der Waals surface area contributed by atoms with Crippen LogP contribution >= 0.6 is 0 Å². The van der Waals surface area contributed by atoms with E-state index in [0.717, 1.165) is 17.8 Å². The van der Waals surface area contributed by atoms with Crippen molar-refractivity contribution in [3.05, 3.63) is 82.9 Å². The van der Waals surface area contributed by atoms with E-state index in [0.29, 0.717) is 30.5 Å². The summed E-state index contributed by atoms with van der Waals surface area (Å²) in [6.45, 7) is 0. The summed E-state index contributed by atoms with van der Waals surface area (Å²) >= 11 is 0. The molecule has 1 aromatic heterocycles. The van der Waals surface area contributed by atoms with Crippen LogP contribution in [0.1, 0.15) is 46.1 Å². The van der Waals surface area contributed by atoms with Gasteiger partial charge in [-0.3, -0.25) is 4.79 Å². The van der Waals surface area contributed by atoms with Gasteiger partial charge in [-0.15, -0.1) is 0 Å². The molecule has 1 aliphatic rings. The number of rotatable bonds is 3. The van der Waals surface area contributed by atoms with E-state index in [1.54, 1.807) is 24.4 Å². The second kappa shape index (κ2) is 7.35. The third kappa shape index (κ3) is 3.62. The molecule has 0 spiro atoms. The quantitative estimate of drug-likeness (QED) is 0.637. The Hall–Kier alpha value is -3.16. The van der Waals surface area contributed by atoms with Crippen LogP contribution in [0.4, 0.5) is 17.6 Å². The number of fused-ring (bicyclic) bond motifs is 1. The molecule has 1 heterocycles. The van der Waals surface area contributed by atoms with E-state index < -0.39 is 35.1 Å². The number of aromatic nitrogens is 2. The van der Waals surface area contributed by atoms with Crippen LogP contribution in [0.2, 0.25) is 0 Å². The minimum Gasteiger partial charge on any atom is -0.345 e. The molecule has 1 amide bonds. The molecule has 0 aliphatic heterocycles. The van der Waals surface area contributed by atoms with Gasteiger partial charge in [0.15, 0.2) is 0 Å². The molecule has 2 aromatic carbocycles. The Balaban J connectivity index is 1.64. The summed E-state index contributed by atoms with van der Waals surface area (Å²) < 4.78 is 55.3. The average molecular weight is 403 g/mol. The highest BCUT2D eigenvalue weighted by atomic mass is 19.4. The standard InChI is InChI=1S/C21H17F4N3O/c22-16-8-3-4-10-19(16)28-18-11-5-9-17(14(18)12-26-28)27-20(29)13-6-1-2-7-15(13)21(23,24)25/h1-4,6-8,10,12,17H,5,9,11H2,(H,27,29). The van der Waals surface area contributed by atoms with Gasteiger partial charge in [0.1, 0.15) is 11.5 Å². The summed E-state index contributed by atoms with van der Waals surface area (Å²) in [5.41, 5.74) is 0.334. The van der Waals surface area contributed by atoms with Gasteiger partial charge in [-0.25, -0.2) is 9.07 Å². The van der Waals surface area contributed by atoms with Crippen molar-refractivity contribution in [2.45, 2.75) is 31.5 Å². The van der Waals surface area contributed by atoms with Crippen LogP contribution in [0.25, 0.3) is 5.69 Å². The van der Waals surface area contributed by atoms with Crippen molar-refractivity contribution in [3.8, 4) is 5.69 Å². The molecule has 0 radical (unpaired) electrons. The molecule has 0 saturated carbocycles. The maximum Gasteiger partial charge on any atom is 0.417 e. The first kappa shape index (κ1) is 19.2. The maximum absolute atomic E-state index is 14.2. The first-order valence-corrected chi connectivity index (χ1v) is 9.15. The molecule has 1 N–H and O–H groups in total. The zero-order valence-electron chi connectivity index (χ0n) is 15.2. The number of benzene rings is 2. The Morgan fingerprint density at radius 1 is 1.10 bits per heavy atom. The molecule has 1 atom stereocenters. The lowest BCUT2D eigenvalue weighted by atomic mass is 9.92. The molecule has 0 bridgehead atoms. The Kier molecular flexibility index (Phi) is 4.86. The molecule has 8 heteroatoms. The van der Waals surface area contributed by atoms with Gasteiger partial charge in [0.2, 0.25) is 0 Å². The van der Waals surface area contributed by atoms with Gasteiger partial charge in [-0.1, -0.05) is 24.3 Å². The molecule has 150 valence electrons. The van der Waals surface area contributed by atoms with Gasteiger partial charge in [0.05, 0.1) is 23.4 Å². The largest absolute Gasteiger partial charge is 0.417 e. The predicted molar refractivity (Wildman–Crippen MR) is 98.1 cm³/mol. The highest BCUT2D eigenvalue weighted by Crippen LogP contribution is 2.34. The van der Waals surface area contributed by atoms with Crippen molar-refractivity contribution in [2.75, 3.05) is 0 Å². The molecule has 1 aliphatic carbocycles. The van der Waals surface area contributed by atoms with Crippen LogP contribution in [0.3, 0.4) is 0 Å². The summed E-state index contributed by atoms with van der Waals surface area (Å²) in [6.07, 6.45) is -1.19. The van der Waals surface area contributed by atoms with E-state index in [-0.39, 0.29) is 0 Å². The van der Waals surface area contributed by atoms with Crippen molar-refractivity contribution in [2.24, 2.45) is 0 Å². The Labute approximate surface area is 164 Å². The Morgan fingerprint density at radius 2 is 1.83 bits per heavy atom. The topological polar surface area (TPSA) is 46.9 Å². The number of carbonyl (C=O) groups is 1. The molecule has 0 saturated heterocycles. The van der Waals surface area contributed by atoms with Gasteiger partial charge in [-0.05, 0) is 43.5 Å². The number of carbonyl (C=O) groups excluding carboxylic acids is 1. The van der Waals surface area contributed by atoms with Crippen LogP contribution in [-0.4, -0.2) is 15.7 Å². The molecular formula is C21H17F4N3O. The zero-order chi connectivity index (χ0) is 20.6. The van der Waals surface area contributed by atoms with Crippen LogP contribution in [0.15, 0.2) is 54.7 Å². The van der Waals surface area contributed by atoms with Gasteiger partial charge in [-0.2, -0.15) is 18.3 Å². The van der Waals surface area contributed by atoms with Crippen molar-refractivity contribution in [1.82, 2.24) is 15.1 Å². The number of alkyl halides is 3. The number of hydrogen-bond donors (Lipinski definition) is 1. The van der Waals surface area contributed by atoms with Gasteiger partial charge in [0, 0.05) is 11.3 Å². The lowest BCUT2D eigenvalue weighted by molar-refractivity contribution is -0.137. The number of amides is 1. The summed E-state index contributed by atoms with van der Waals surface area (Å²) in [7, 11) is 0. The van der Waals surface area contributed by atoms with E-state index in [4.69, 9.17) is 0 Å². The van der Waals surface area contributed by atoms with Crippen molar-refractivity contribution in [1.29, 1.82) is 0 Å². The Bertz CT molecular complexity index is 1060. The van der Waals surface area contributed by atoms with E-state index in [9.17, 15) is 22.4 Å². The highest BCUT2D eigenvalue weighted by Gasteiger charge is 2.36. The molecule has 0 fully saturated rings. The smallest absolute Gasteiger partial charge is 0.345 e. The third-order valence-corrected chi connectivity index (χ3v) is 5.05. The third-order valence-electron chi connectivity index (χ3n) is 5.05. The monoisotopic (exact) mass is 403 g/mol. The number of para-hydroxylation sites is 1. The molecular weight excluding hydrogens is 386 g/mol. The summed E-state index contributed by atoms with van der Waals surface area (Å²) in [4.78, 5) is 12.6. The van der Waals surface area contributed by atoms with E-state index >= 15 is 0 Å². The summed E-state index contributed by atoms with van der Waals surface area (Å²) in [6, 6.07) is 10.4. The first-order valence-electron chi connectivity index (χ1n) is 9.15. The van der Waals surface area contributed by atoms with Crippen molar-refractivity contribution < 1.29 is 22.4 Å². The van der Waals surface area contributed by atoms with Gasteiger partial charge in [0.25, 0.3) is 5.91 Å². The van der Waals surface area contributed by atoms with E-state index in [1.807, 2.05) is 0 Å². The van der Waals surface area contributed by atoms with Crippen LogP contribution in [0, 0.1) is 5.82 Å². The molecule has 4 nitrogen and oxygen atoms in total. The number of nitrogens with one attached hydrogen (secondary N) is 1. The second-order valence-electron chi connectivity index (χ2n) is 6.87. The number of nitrogens with zero attached hydrogens (tertiary/aromatic N) is 2. The van der Waals surface area contributed by atoms with Gasteiger partial charge >= 0.3 is 6.18 Å². The van der Waals surface area contributed by atoms with Crippen molar-refractivity contribution in [3.63, 3.8) is 0 Å². The fraction of sp³-hybridized carbons (Fsp3) is 0.238. The summed E-state index contributed by atoms with van der Waals surface area (Å²) in [5.74, 6) is -1.22. The minimum absolute atomic E-state index is 0.295. The normalized spacial score (nSPS) is 16.3. The highest BCUT2D eigenvalue weighted by molar-refractivity contribution is 5.96. The lowest BCUT2D eigenvalue weighted by Gasteiger charge is -2.25. The maximum atomic E-state index is 14.2. The fourth-order valence-corrected chi connectivity index (χ4v) is 3.70. The van der Waals surface area contributed by atoms with E-state index in [1.165, 1.54) is 22.9 Å². The number of halogens is 4. The fourth-order valence-electron chi connectivity index (χ4n) is 3.70. The predicted octanol–water partition coefficient (Wildman–Crippen LogP) is 4.84. The van der Waals surface area contributed by atoms with Crippen LogP contribution < -0.4 is 5.32 Å². The average Bonchev–Trinajstić information content (AvgIpc) is 3.13. The summed E-state index contributed by atoms with van der Waals surface area (Å²) in [5, 5.41) is 6.96. The van der Waals surface area contributed by atoms with E-state index in [2.05, 4.69) is 10.4 Å². The minimum atomic E-state index is -4.62. The molecule has 4 rings (SSSR count). The van der Waals surface area contributed by atoms with Crippen LogP contribution in [0.5, 0.6) is 0 Å².